The molecule has 0 aliphatic rings. The van der Waals surface area contributed by atoms with Crippen LogP contribution in [0.1, 0.15) is 32.6 Å². The van der Waals surface area contributed by atoms with Crippen molar-refractivity contribution >= 4 is 21.5 Å². The number of nitrogens with zero attached hydrogens (tertiary/aromatic N) is 3. The molecule has 0 amide bonds. The quantitative estimate of drug-likeness (QED) is 0.328. The highest BCUT2D eigenvalue weighted by Gasteiger charge is 2.19. The molecule has 0 spiro atoms. The fourth-order valence-electron chi connectivity index (χ4n) is 3.98. The van der Waals surface area contributed by atoms with E-state index in [1.807, 2.05) is 35.2 Å². The fraction of sp³-hybridized carbons (Fsp3) is 0.348. The van der Waals surface area contributed by atoms with Crippen LogP contribution in [0.3, 0.4) is 0 Å². The maximum absolute atomic E-state index is 12.8. The van der Waals surface area contributed by atoms with Gasteiger partial charge in [-0.2, -0.15) is 0 Å². The molecule has 3 aromatic heterocycles. The molecule has 0 radical (unpaired) electrons. The highest BCUT2D eigenvalue weighted by Crippen LogP contribution is 2.14. The first kappa shape index (κ1) is 19.9. The normalized spacial score (nSPS) is 11.6. The fourth-order valence-corrected chi connectivity index (χ4v) is 3.98. The van der Waals surface area contributed by atoms with Gasteiger partial charge >= 0.3 is 0 Å². The van der Waals surface area contributed by atoms with Gasteiger partial charge < -0.3 is 0 Å². The number of hydrogen-bond donors (Lipinski definition) is 0. The van der Waals surface area contributed by atoms with Crippen molar-refractivity contribution in [1.82, 2.24) is 9.13 Å². The Bertz CT molecular complexity index is 1330. The van der Waals surface area contributed by atoms with Crippen LogP contribution in [0.5, 0.6) is 0 Å². The SMILES string of the molecule is CCCCCCn1c(=O)c2cc3c(=O)n(CC[n+]4ccccc4)c(=O)c3cc2c1=O. The average Bonchev–Trinajstić information content (AvgIpc) is 3.14. The number of rotatable bonds is 8. The molecule has 1 aromatic carbocycles. The van der Waals surface area contributed by atoms with Crippen LogP contribution in [0, 0.1) is 0 Å². The molecule has 7 heteroatoms. The summed E-state index contributed by atoms with van der Waals surface area (Å²) >= 11 is 0. The third-order valence-electron chi connectivity index (χ3n) is 5.65. The number of fused-ring (bicyclic) bond motifs is 2. The summed E-state index contributed by atoms with van der Waals surface area (Å²) in [5.74, 6) is 0. The Morgan fingerprint density at radius 2 is 1.17 bits per heavy atom. The van der Waals surface area contributed by atoms with Crippen LogP contribution in [-0.4, -0.2) is 9.13 Å². The van der Waals surface area contributed by atoms with Crippen molar-refractivity contribution in [1.29, 1.82) is 0 Å². The van der Waals surface area contributed by atoms with Crippen molar-refractivity contribution in [2.24, 2.45) is 0 Å². The molecular weight excluding hydrogens is 382 g/mol. The van der Waals surface area contributed by atoms with Crippen LogP contribution < -0.4 is 26.8 Å². The number of hydrogen-bond acceptors (Lipinski definition) is 4. The molecule has 4 rings (SSSR count). The van der Waals surface area contributed by atoms with Gasteiger partial charge in [-0.25, -0.2) is 4.57 Å². The highest BCUT2D eigenvalue weighted by atomic mass is 16.2. The predicted molar refractivity (Wildman–Crippen MR) is 116 cm³/mol. The number of aryl methyl sites for hydroxylation is 1. The summed E-state index contributed by atoms with van der Waals surface area (Å²) in [4.78, 5) is 51.1. The molecule has 154 valence electrons. The van der Waals surface area contributed by atoms with E-state index in [2.05, 4.69) is 6.92 Å². The maximum atomic E-state index is 12.8. The van der Waals surface area contributed by atoms with Gasteiger partial charge in [0, 0.05) is 18.7 Å². The van der Waals surface area contributed by atoms with Crippen LogP contribution in [0.15, 0.2) is 61.9 Å². The van der Waals surface area contributed by atoms with Gasteiger partial charge in [-0.1, -0.05) is 32.3 Å². The molecule has 7 nitrogen and oxygen atoms in total. The van der Waals surface area contributed by atoms with Crippen LogP contribution in [0.4, 0.5) is 0 Å². The predicted octanol–water partition coefficient (Wildman–Crippen LogP) is 1.48. The lowest BCUT2D eigenvalue weighted by molar-refractivity contribution is -0.698. The second kappa shape index (κ2) is 8.18. The van der Waals surface area contributed by atoms with Crippen LogP contribution >= 0.6 is 0 Å². The summed E-state index contributed by atoms with van der Waals surface area (Å²) in [6, 6.07) is 8.48. The molecule has 3 heterocycles. The number of unbranched alkanes of at least 4 members (excludes halogenated alkanes) is 3. The van der Waals surface area contributed by atoms with Crippen molar-refractivity contribution in [2.45, 2.75) is 52.2 Å². The summed E-state index contributed by atoms with van der Waals surface area (Å²) in [5, 5.41) is 0.834. The molecule has 0 aliphatic carbocycles. The largest absolute Gasteiger partial charge is 0.274 e. The molecular formula is C23H24N3O4+. The number of aromatic nitrogens is 3. The van der Waals surface area contributed by atoms with Crippen molar-refractivity contribution in [3.05, 3.63) is 84.1 Å². The minimum Gasteiger partial charge on any atom is -0.274 e. The van der Waals surface area contributed by atoms with Crippen molar-refractivity contribution in [2.75, 3.05) is 0 Å². The third-order valence-corrected chi connectivity index (χ3v) is 5.65. The molecule has 0 bridgehead atoms. The van der Waals surface area contributed by atoms with Gasteiger partial charge in [-0.3, -0.25) is 28.3 Å². The Morgan fingerprint density at radius 1 is 0.667 bits per heavy atom. The van der Waals surface area contributed by atoms with Crippen LogP contribution in [-0.2, 0) is 19.6 Å². The Kier molecular flexibility index (Phi) is 5.44. The molecule has 0 unspecified atom stereocenters. The lowest BCUT2D eigenvalue weighted by Gasteiger charge is -1.99. The molecule has 0 atom stereocenters. The van der Waals surface area contributed by atoms with E-state index in [1.54, 1.807) is 0 Å². The monoisotopic (exact) mass is 406 g/mol. The van der Waals surface area contributed by atoms with Gasteiger partial charge in [0.25, 0.3) is 22.2 Å². The van der Waals surface area contributed by atoms with Crippen molar-refractivity contribution < 1.29 is 4.57 Å². The van der Waals surface area contributed by atoms with Gasteiger partial charge in [0.15, 0.2) is 18.9 Å². The van der Waals surface area contributed by atoms with E-state index < -0.39 is 11.1 Å². The van der Waals surface area contributed by atoms with Crippen molar-refractivity contribution in [3.63, 3.8) is 0 Å². The van der Waals surface area contributed by atoms with Gasteiger partial charge in [0.05, 0.1) is 28.1 Å². The summed E-state index contributed by atoms with van der Waals surface area (Å²) in [6.07, 6.45) is 7.54. The first-order chi connectivity index (χ1) is 14.5. The third kappa shape index (κ3) is 3.40. The zero-order valence-corrected chi connectivity index (χ0v) is 17.0. The molecule has 0 saturated heterocycles. The molecule has 0 aliphatic heterocycles. The van der Waals surface area contributed by atoms with E-state index >= 15 is 0 Å². The Balaban J connectivity index is 1.74. The average molecular weight is 406 g/mol. The zero-order valence-electron chi connectivity index (χ0n) is 17.0. The van der Waals surface area contributed by atoms with Gasteiger partial charge in [0.1, 0.15) is 0 Å². The van der Waals surface area contributed by atoms with Crippen LogP contribution in [0.25, 0.3) is 21.5 Å². The Hall–Kier alpha value is -3.35. The minimum absolute atomic E-state index is 0.200. The van der Waals surface area contributed by atoms with E-state index in [1.165, 1.54) is 21.3 Å². The van der Waals surface area contributed by atoms with E-state index in [0.717, 1.165) is 25.7 Å². The molecule has 0 fully saturated rings. The number of pyridine rings is 1. The lowest BCUT2D eigenvalue weighted by Crippen LogP contribution is -2.38. The Morgan fingerprint density at radius 3 is 1.67 bits per heavy atom. The van der Waals surface area contributed by atoms with E-state index in [-0.39, 0.29) is 39.2 Å². The summed E-state index contributed by atoms with van der Waals surface area (Å²) in [5.41, 5.74) is -1.60. The second-order valence-electron chi connectivity index (χ2n) is 7.64. The first-order valence-electron chi connectivity index (χ1n) is 10.4. The molecule has 0 N–H and O–H groups in total. The highest BCUT2D eigenvalue weighted by molar-refractivity contribution is 5.97. The first-order valence-corrected chi connectivity index (χ1v) is 10.4. The topological polar surface area (TPSA) is 82.0 Å². The maximum Gasteiger partial charge on any atom is 0.261 e. The molecule has 4 aromatic rings. The van der Waals surface area contributed by atoms with Gasteiger partial charge in [-0.15, -0.1) is 0 Å². The zero-order chi connectivity index (χ0) is 21.3. The summed E-state index contributed by atoms with van der Waals surface area (Å²) in [6.45, 7) is 3.14. The summed E-state index contributed by atoms with van der Waals surface area (Å²) in [7, 11) is 0. The van der Waals surface area contributed by atoms with Crippen molar-refractivity contribution in [3.8, 4) is 0 Å². The summed E-state index contributed by atoms with van der Waals surface area (Å²) < 4.78 is 4.29. The van der Waals surface area contributed by atoms with E-state index in [9.17, 15) is 19.2 Å². The number of benzene rings is 1. The second-order valence-corrected chi connectivity index (χ2v) is 7.64. The van der Waals surface area contributed by atoms with Gasteiger partial charge in [0.2, 0.25) is 0 Å². The van der Waals surface area contributed by atoms with Crippen LogP contribution in [0.2, 0.25) is 0 Å². The van der Waals surface area contributed by atoms with E-state index in [4.69, 9.17) is 0 Å². The minimum atomic E-state index is -0.420. The standard InChI is InChI=1S/C23H24N3O4/c1-2-3-4-8-11-25-20(27)16-14-18-19(15-17(16)21(25)28)23(30)26(22(18)29)13-12-24-9-6-5-7-10-24/h5-7,9-10,14-15H,2-4,8,11-13H2,1H3/q+1. The van der Waals surface area contributed by atoms with Gasteiger partial charge in [-0.05, 0) is 18.6 Å². The lowest BCUT2D eigenvalue weighted by atomic mass is 10.1. The smallest absolute Gasteiger partial charge is 0.261 e. The van der Waals surface area contributed by atoms with E-state index in [0.29, 0.717) is 13.1 Å². The molecule has 30 heavy (non-hydrogen) atoms. The Labute approximate surface area is 172 Å². The molecule has 0 saturated carbocycles.